The van der Waals surface area contributed by atoms with Crippen LogP contribution in [0.1, 0.15) is 36.4 Å². The molecule has 1 unspecified atom stereocenters. The zero-order valence-corrected chi connectivity index (χ0v) is 17.2. The van der Waals surface area contributed by atoms with Crippen LogP contribution < -0.4 is 0 Å². The summed E-state index contributed by atoms with van der Waals surface area (Å²) in [5.41, 5.74) is 3.45. The third-order valence-corrected chi connectivity index (χ3v) is 6.49. The Bertz CT molecular complexity index is 937. The van der Waals surface area contributed by atoms with Crippen LogP contribution in [0.3, 0.4) is 0 Å². The Balaban J connectivity index is 1.51. The minimum Gasteiger partial charge on any atom is -0.336 e. The molecule has 0 spiro atoms. The number of aromatic nitrogens is 2. The predicted octanol–water partition coefficient (Wildman–Crippen LogP) is 4.75. The first-order chi connectivity index (χ1) is 13.6. The molecule has 1 aliphatic rings. The summed E-state index contributed by atoms with van der Waals surface area (Å²) in [5, 5.41) is 1.03. The van der Waals surface area contributed by atoms with Crippen LogP contribution in [0.25, 0.3) is 10.6 Å². The second-order valence-corrected chi connectivity index (χ2v) is 8.69. The van der Waals surface area contributed by atoms with Gasteiger partial charge in [0.15, 0.2) is 0 Å². The summed E-state index contributed by atoms with van der Waals surface area (Å²) in [4.78, 5) is 25.5. The molecule has 3 aromatic rings. The molecule has 0 saturated carbocycles. The molecule has 1 atom stereocenters. The van der Waals surface area contributed by atoms with Crippen LogP contribution in [0.15, 0.2) is 54.9 Å². The predicted molar refractivity (Wildman–Crippen MR) is 113 cm³/mol. The molecule has 2 aromatic heterocycles. The number of thiazole rings is 1. The number of fused-ring (bicyclic) bond motifs is 1. The largest absolute Gasteiger partial charge is 0.336 e. The van der Waals surface area contributed by atoms with Gasteiger partial charge in [-0.05, 0) is 50.8 Å². The minimum atomic E-state index is 0.0457. The fourth-order valence-electron chi connectivity index (χ4n) is 3.73. The minimum absolute atomic E-state index is 0.0457. The Morgan fingerprint density at radius 1 is 1.18 bits per heavy atom. The van der Waals surface area contributed by atoms with Gasteiger partial charge in [0.1, 0.15) is 5.01 Å². The molecular formula is C23H25N3OS. The van der Waals surface area contributed by atoms with Gasteiger partial charge in [0.2, 0.25) is 5.91 Å². The number of amides is 1. The number of carbonyl (C=O) groups is 1. The van der Waals surface area contributed by atoms with Gasteiger partial charge in [0.05, 0.1) is 5.69 Å². The number of rotatable bonds is 5. The van der Waals surface area contributed by atoms with Crippen LogP contribution in [0.4, 0.5) is 0 Å². The maximum absolute atomic E-state index is 13.3. The lowest BCUT2D eigenvalue weighted by molar-refractivity contribution is -0.138. The van der Waals surface area contributed by atoms with Gasteiger partial charge in [-0.2, -0.15) is 0 Å². The summed E-state index contributed by atoms with van der Waals surface area (Å²) in [6.07, 6.45) is 6.15. The molecule has 0 N–H and O–H groups in total. The third-order valence-electron chi connectivity index (χ3n) is 5.32. The summed E-state index contributed by atoms with van der Waals surface area (Å²) >= 11 is 1.72. The fourth-order valence-corrected chi connectivity index (χ4v) is 4.93. The number of nitrogens with zero attached hydrogens (tertiary/aromatic N) is 3. The van der Waals surface area contributed by atoms with Crippen molar-refractivity contribution < 1.29 is 4.79 Å². The van der Waals surface area contributed by atoms with Crippen LogP contribution in [0, 0.1) is 5.92 Å². The number of hydrogen-bond donors (Lipinski definition) is 0. The van der Waals surface area contributed by atoms with Gasteiger partial charge in [0.25, 0.3) is 0 Å². The maximum atomic E-state index is 13.3. The fraction of sp³-hybridized carbons (Fsp3) is 0.348. The van der Waals surface area contributed by atoms with Crippen molar-refractivity contribution in [2.24, 2.45) is 5.92 Å². The van der Waals surface area contributed by atoms with E-state index < -0.39 is 0 Å². The second kappa shape index (κ2) is 8.23. The van der Waals surface area contributed by atoms with Gasteiger partial charge in [0, 0.05) is 41.3 Å². The Morgan fingerprint density at radius 2 is 1.93 bits per heavy atom. The molecule has 1 aliphatic carbocycles. The van der Waals surface area contributed by atoms with Crippen molar-refractivity contribution in [1.29, 1.82) is 0 Å². The van der Waals surface area contributed by atoms with E-state index in [1.807, 2.05) is 35.2 Å². The average molecular weight is 392 g/mol. The van der Waals surface area contributed by atoms with E-state index in [1.165, 1.54) is 16.1 Å². The molecular weight excluding hydrogens is 366 g/mol. The molecule has 28 heavy (non-hydrogen) atoms. The molecule has 0 saturated heterocycles. The lowest BCUT2D eigenvalue weighted by Crippen LogP contribution is -2.41. The van der Waals surface area contributed by atoms with Gasteiger partial charge in [-0.15, -0.1) is 11.3 Å². The summed E-state index contributed by atoms with van der Waals surface area (Å²) in [7, 11) is 0. The summed E-state index contributed by atoms with van der Waals surface area (Å²) in [6.45, 7) is 4.87. The van der Waals surface area contributed by atoms with Crippen LogP contribution in [0.5, 0.6) is 0 Å². The Hall–Kier alpha value is -2.53. The van der Waals surface area contributed by atoms with Crippen LogP contribution in [-0.2, 0) is 24.2 Å². The number of benzene rings is 1. The van der Waals surface area contributed by atoms with E-state index in [9.17, 15) is 4.79 Å². The topological polar surface area (TPSA) is 46.1 Å². The van der Waals surface area contributed by atoms with Crippen molar-refractivity contribution in [1.82, 2.24) is 14.9 Å². The molecule has 5 heteroatoms. The van der Waals surface area contributed by atoms with E-state index in [4.69, 9.17) is 4.98 Å². The normalized spacial score (nSPS) is 16.0. The number of carbonyl (C=O) groups excluding carboxylic acids is 1. The van der Waals surface area contributed by atoms with Gasteiger partial charge >= 0.3 is 0 Å². The Morgan fingerprint density at radius 3 is 2.64 bits per heavy atom. The zero-order chi connectivity index (χ0) is 19.5. The highest BCUT2D eigenvalue weighted by Gasteiger charge is 2.31. The highest BCUT2D eigenvalue weighted by atomic mass is 32.1. The molecule has 1 aromatic carbocycles. The highest BCUT2D eigenvalue weighted by Crippen LogP contribution is 2.35. The van der Waals surface area contributed by atoms with Crippen LogP contribution in [-0.4, -0.2) is 26.8 Å². The summed E-state index contributed by atoms with van der Waals surface area (Å²) < 4.78 is 0. The molecule has 0 fully saturated rings. The first kappa shape index (κ1) is 18.8. The standard InChI is InChI=1S/C23H25N3OS/c1-16(2)26(15-17-6-4-3-5-7-17)23(27)19-8-9-20-21(14-19)28-22(25-20)18-10-12-24-13-11-18/h3-7,10-13,16,19H,8-9,14-15H2,1-2H3. The van der Waals surface area contributed by atoms with Crippen molar-refractivity contribution in [2.45, 2.75) is 45.7 Å². The summed E-state index contributed by atoms with van der Waals surface area (Å²) in [5.74, 6) is 0.313. The van der Waals surface area contributed by atoms with Crippen molar-refractivity contribution >= 4 is 17.2 Å². The average Bonchev–Trinajstić information content (AvgIpc) is 3.16. The van der Waals surface area contributed by atoms with Gasteiger partial charge < -0.3 is 4.90 Å². The first-order valence-electron chi connectivity index (χ1n) is 9.85. The van der Waals surface area contributed by atoms with Crippen molar-refractivity contribution in [3.05, 3.63) is 71.0 Å². The van der Waals surface area contributed by atoms with Crippen molar-refractivity contribution in [3.8, 4) is 10.6 Å². The van der Waals surface area contributed by atoms with Crippen molar-refractivity contribution in [2.75, 3.05) is 0 Å². The number of aryl methyl sites for hydroxylation is 1. The van der Waals surface area contributed by atoms with Gasteiger partial charge in [-0.25, -0.2) is 4.98 Å². The molecule has 4 nitrogen and oxygen atoms in total. The second-order valence-electron chi connectivity index (χ2n) is 7.61. The lowest BCUT2D eigenvalue weighted by Gasteiger charge is -2.32. The number of pyridine rings is 1. The monoisotopic (exact) mass is 391 g/mol. The zero-order valence-electron chi connectivity index (χ0n) is 16.3. The third kappa shape index (κ3) is 3.99. The van der Waals surface area contributed by atoms with Crippen molar-refractivity contribution in [3.63, 3.8) is 0 Å². The van der Waals surface area contributed by atoms with E-state index in [0.717, 1.165) is 29.8 Å². The van der Waals surface area contributed by atoms with E-state index in [-0.39, 0.29) is 17.9 Å². The molecule has 0 radical (unpaired) electrons. The SMILES string of the molecule is CC(C)N(Cc1ccccc1)C(=O)C1CCc2nc(-c3ccncc3)sc2C1. The number of hydrogen-bond acceptors (Lipinski definition) is 4. The van der Waals surface area contributed by atoms with E-state index in [2.05, 4.69) is 31.0 Å². The van der Waals surface area contributed by atoms with Crippen LogP contribution in [0.2, 0.25) is 0 Å². The summed E-state index contributed by atoms with van der Waals surface area (Å²) in [6, 6.07) is 14.4. The van der Waals surface area contributed by atoms with Crippen LogP contribution >= 0.6 is 11.3 Å². The molecule has 2 heterocycles. The Kier molecular flexibility index (Phi) is 5.53. The first-order valence-corrected chi connectivity index (χ1v) is 10.7. The van der Waals surface area contributed by atoms with E-state index in [1.54, 1.807) is 23.7 Å². The molecule has 1 amide bonds. The molecule has 0 bridgehead atoms. The smallest absolute Gasteiger partial charge is 0.226 e. The quantitative estimate of drug-likeness (QED) is 0.631. The Labute approximate surface area is 170 Å². The van der Waals surface area contributed by atoms with E-state index in [0.29, 0.717) is 6.54 Å². The molecule has 0 aliphatic heterocycles. The van der Waals surface area contributed by atoms with E-state index >= 15 is 0 Å². The van der Waals surface area contributed by atoms with Gasteiger partial charge in [-0.3, -0.25) is 9.78 Å². The highest BCUT2D eigenvalue weighted by molar-refractivity contribution is 7.15. The maximum Gasteiger partial charge on any atom is 0.226 e. The molecule has 144 valence electrons. The molecule has 4 rings (SSSR count). The lowest BCUT2D eigenvalue weighted by atomic mass is 9.89. The van der Waals surface area contributed by atoms with Gasteiger partial charge in [-0.1, -0.05) is 30.3 Å².